The number of carbonyl (C=O) groups is 1. The molecule has 2 aliphatic rings. The Morgan fingerprint density at radius 1 is 1.41 bits per heavy atom. The third-order valence-corrected chi connectivity index (χ3v) is 3.55. The van der Waals surface area contributed by atoms with Crippen molar-refractivity contribution in [3.63, 3.8) is 0 Å². The van der Waals surface area contributed by atoms with Crippen molar-refractivity contribution in [3.05, 3.63) is 33.7 Å². The van der Waals surface area contributed by atoms with Crippen LogP contribution in [0, 0.1) is 6.92 Å². The summed E-state index contributed by atoms with van der Waals surface area (Å²) in [6.07, 6.45) is 4.10. The van der Waals surface area contributed by atoms with E-state index in [2.05, 4.69) is 4.98 Å². The third-order valence-electron chi connectivity index (χ3n) is 3.55. The molecule has 1 aromatic heterocycles. The van der Waals surface area contributed by atoms with Gasteiger partial charge in [0.2, 0.25) is 0 Å². The van der Waals surface area contributed by atoms with Gasteiger partial charge in [-0.3, -0.25) is 9.59 Å². The molecule has 5 nitrogen and oxygen atoms in total. The van der Waals surface area contributed by atoms with Gasteiger partial charge in [-0.15, -0.1) is 0 Å². The average molecular weight is 234 g/mol. The number of ether oxygens (including phenoxy) is 1. The molecule has 0 aromatic carbocycles. The van der Waals surface area contributed by atoms with Crippen LogP contribution < -0.4 is 5.43 Å². The zero-order chi connectivity index (χ0) is 12.0. The number of fused-ring (bicyclic) bond motifs is 2. The molecule has 3 rings (SSSR count). The maximum absolute atomic E-state index is 12.3. The second kappa shape index (κ2) is 3.70. The lowest BCUT2D eigenvalue weighted by Crippen LogP contribution is -2.66. The number of hydrogen-bond donors (Lipinski definition) is 1. The van der Waals surface area contributed by atoms with Gasteiger partial charge in [0, 0.05) is 18.0 Å². The molecule has 2 atom stereocenters. The van der Waals surface area contributed by atoms with Gasteiger partial charge in [-0.05, 0) is 13.3 Å². The first-order valence-electron chi connectivity index (χ1n) is 5.76. The molecular weight excluding hydrogens is 220 g/mol. The fraction of sp³-hybridized carbons (Fsp3) is 0.500. The van der Waals surface area contributed by atoms with Crippen LogP contribution in [0.2, 0.25) is 0 Å². The minimum atomic E-state index is -0.181. The van der Waals surface area contributed by atoms with E-state index in [1.165, 1.54) is 6.20 Å². The molecule has 1 amide bonds. The van der Waals surface area contributed by atoms with Crippen LogP contribution in [0.15, 0.2) is 17.2 Å². The van der Waals surface area contributed by atoms with Crippen molar-refractivity contribution in [2.75, 3.05) is 13.2 Å². The fourth-order valence-corrected chi connectivity index (χ4v) is 2.56. The number of pyridine rings is 1. The summed E-state index contributed by atoms with van der Waals surface area (Å²) in [5.74, 6) is -0.167. The van der Waals surface area contributed by atoms with Crippen molar-refractivity contribution in [2.24, 2.45) is 0 Å². The van der Waals surface area contributed by atoms with Gasteiger partial charge >= 0.3 is 0 Å². The van der Waals surface area contributed by atoms with Crippen molar-refractivity contribution in [3.8, 4) is 0 Å². The number of nitrogens with one attached hydrogen (secondary N) is 1. The smallest absolute Gasteiger partial charge is 0.259 e. The Hall–Kier alpha value is -1.62. The topological polar surface area (TPSA) is 62.4 Å². The molecule has 0 aliphatic carbocycles. The number of H-pyrrole nitrogens is 1. The first-order chi connectivity index (χ1) is 8.18. The Balaban J connectivity index is 1.92. The van der Waals surface area contributed by atoms with Gasteiger partial charge in [0.25, 0.3) is 5.91 Å². The van der Waals surface area contributed by atoms with E-state index in [4.69, 9.17) is 4.74 Å². The molecule has 0 radical (unpaired) electrons. The monoisotopic (exact) mass is 234 g/mol. The highest BCUT2D eigenvalue weighted by atomic mass is 16.5. The van der Waals surface area contributed by atoms with Gasteiger partial charge in [0.15, 0.2) is 5.43 Å². The molecule has 1 N–H and O–H groups in total. The van der Waals surface area contributed by atoms with Crippen LogP contribution in [-0.2, 0) is 4.74 Å². The summed E-state index contributed by atoms with van der Waals surface area (Å²) >= 11 is 0. The largest absolute Gasteiger partial charge is 0.377 e. The highest BCUT2D eigenvalue weighted by molar-refractivity contribution is 5.95. The molecule has 3 heterocycles. The lowest BCUT2D eigenvalue weighted by Gasteiger charge is -2.52. The molecular formula is C12H14N2O3. The summed E-state index contributed by atoms with van der Waals surface area (Å²) in [6.45, 7) is 2.88. The number of rotatable bonds is 1. The summed E-state index contributed by atoms with van der Waals surface area (Å²) < 4.78 is 5.32. The number of hydrogen-bond acceptors (Lipinski definition) is 3. The minimum absolute atomic E-state index is 0.154. The number of aryl methyl sites for hydroxylation is 1. The standard InChI is InChI=1S/C12H14N2O3/c1-7-3-13-4-10(11(7)15)12(16)14-8-2-9(14)6-17-5-8/h3-4,8-9H,2,5-6H2,1H3,(H,13,15). The van der Waals surface area contributed by atoms with Gasteiger partial charge in [0.1, 0.15) is 5.56 Å². The Bertz CT molecular complexity index is 509. The number of aromatic nitrogens is 1. The highest BCUT2D eigenvalue weighted by Gasteiger charge is 2.45. The summed E-state index contributed by atoms with van der Waals surface area (Å²) in [5.41, 5.74) is 0.624. The lowest BCUT2D eigenvalue weighted by molar-refractivity contribution is -0.104. The van der Waals surface area contributed by atoms with Crippen LogP contribution in [0.4, 0.5) is 0 Å². The Morgan fingerprint density at radius 2 is 2.12 bits per heavy atom. The van der Waals surface area contributed by atoms with Gasteiger partial charge in [-0.25, -0.2) is 0 Å². The SMILES string of the molecule is Cc1c[nH]cc(C(=O)N2C3COCC2C3)c1=O. The Morgan fingerprint density at radius 3 is 2.76 bits per heavy atom. The van der Waals surface area contributed by atoms with Crippen LogP contribution >= 0.6 is 0 Å². The lowest BCUT2D eigenvalue weighted by atomic mass is 9.90. The van der Waals surface area contributed by atoms with E-state index >= 15 is 0 Å². The molecule has 2 bridgehead atoms. The van der Waals surface area contributed by atoms with E-state index in [-0.39, 0.29) is 29.0 Å². The number of aromatic amines is 1. The first-order valence-corrected chi connectivity index (χ1v) is 5.76. The van der Waals surface area contributed by atoms with Gasteiger partial charge < -0.3 is 14.6 Å². The van der Waals surface area contributed by atoms with E-state index in [1.54, 1.807) is 18.0 Å². The third kappa shape index (κ3) is 1.50. The van der Waals surface area contributed by atoms with E-state index in [1.807, 2.05) is 0 Å². The van der Waals surface area contributed by atoms with E-state index in [0.29, 0.717) is 18.8 Å². The van der Waals surface area contributed by atoms with Crippen LogP contribution in [0.25, 0.3) is 0 Å². The molecule has 2 fully saturated rings. The highest BCUT2D eigenvalue weighted by Crippen LogP contribution is 2.31. The van der Waals surface area contributed by atoms with Gasteiger partial charge in [0.05, 0.1) is 25.3 Å². The van der Waals surface area contributed by atoms with Gasteiger partial charge in [-0.2, -0.15) is 0 Å². The Kier molecular flexibility index (Phi) is 2.29. The van der Waals surface area contributed by atoms with E-state index < -0.39 is 0 Å². The molecule has 2 saturated heterocycles. The normalized spacial score (nSPS) is 26.5. The molecule has 17 heavy (non-hydrogen) atoms. The predicted octanol–water partition coefficient (Wildman–Crippen LogP) is 0.297. The first kappa shape index (κ1) is 10.5. The van der Waals surface area contributed by atoms with Gasteiger partial charge in [-0.1, -0.05) is 0 Å². The summed E-state index contributed by atoms with van der Waals surface area (Å²) in [7, 11) is 0. The molecule has 0 saturated carbocycles. The number of amides is 1. The molecule has 0 spiro atoms. The summed E-state index contributed by atoms with van der Waals surface area (Å²) in [5, 5.41) is 0. The molecule has 1 aromatic rings. The summed E-state index contributed by atoms with van der Waals surface area (Å²) in [4.78, 5) is 28.8. The number of morpholine rings is 1. The van der Waals surface area contributed by atoms with Crippen molar-refractivity contribution in [1.29, 1.82) is 0 Å². The number of carbonyl (C=O) groups excluding carboxylic acids is 1. The zero-order valence-electron chi connectivity index (χ0n) is 9.60. The van der Waals surface area contributed by atoms with Crippen molar-refractivity contribution >= 4 is 5.91 Å². The Labute approximate surface area is 98.4 Å². The molecule has 2 aliphatic heterocycles. The molecule has 5 heteroatoms. The van der Waals surface area contributed by atoms with Crippen molar-refractivity contribution < 1.29 is 9.53 Å². The van der Waals surface area contributed by atoms with Crippen LogP contribution in [0.5, 0.6) is 0 Å². The van der Waals surface area contributed by atoms with E-state index in [9.17, 15) is 9.59 Å². The van der Waals surface area contributed by atoms with E-state index in [0.717, 1.165) is 6.42 Å². The van der Waals surface area contributed by atoms with Crippen LogP contribution in [0.1, 0.15) is 22.3 Å². The van der Waals surface area contributed by atoms with Crippen molar-refractivity contribution in [1.82, 2.24) is 9.88 Å². The maximum Gasteiger partial charge on any atom is 0.259 e. The second-order valence-corrected chi connectivity index (χ2v) is 4.67. The molecule has 90 valence electrons. The van der Waals surface area contributed by atoms with Crippen LogP contribution in [0.3, 0.4) is 0 Å². The quantitative estimate of drug-likeness (QED) is 0.760. The average Bonchev–Trinajstić information content (AvgIpc) is 2.33. The van der Waals surface area contributed by atoms with Crippen molar-refractivity contribution in [2.45, 2.75) is 25.4 Å². The predicted molar refractivity (Wildman–Crippen MR) is 61.0 cm³/mol. The zero-order valence-corrected chi connectivity index (χ0v) is 9.60. The maximum atomic E-state index is 12.3. The molecule has 2 unspecified atom stereocenters. The fourth-order valence-electron chi connectivity index (χ4n) is 2.56. The minimum Gasteiger partial charge on any atom is -0.377 e. The van der Waals surface area contributed by atoms with Crippen LogP contribution in [-0.4, -0.2) is 41.1 Å². The second-order valence-electron chi connectivity index (χ2n) is 4.67. The summed E-state index contributed by atoms with van der Waals surface area (Å²) in [6, 6.07) is 0.308. The number of nitrogens with zero attached hydrogens (tertiary/aromatic N) is 1.